The first kappa shape index (κ1) is 19.2. The lowest BCUT2D eigenvalue weighted by Crippen LogP contribution is -2.40. The van der Waals surface area contributed by atoms with Gasteiger partial charge in [-0.15, -0.1) is 0 Å². The molecular formula is C23H28N2O2. The zero-order valence-corrected chi connectivity index (χ0v) is 16.5. The number of aryl methyl sites for hydroxylation is 1. The Kier molecular flexibility index (Phi) is 5.36. The summed E-state index contributed by atoms with van der Waals surface area (Å²) in [5, 5.41) is 6.10. The van der Waals surface area contributed by atoms with Crippen LogP contribution in [0.5, 0.6) is 0 Å². The van der Waals surface area contributed by atoms with Crippen molar-refractivity contribution < 1.29 is 9.59 Å². The highest BCUT2D eigenvalue weighted by molar-refractivity contribution is 5.98. The van der Waals surface area contributed by atoms with Gasteiger partial charge in [-0.05, 0) is 76.3 Å². The molecule has 1 fully saturated rings. The van der Waals surface area contributed by atoms with Gasteiger partial charge in [0.2, 0.25) is 0 Å². The smallest absolute Gasteiger partial charge is 0.251 e. The van der Waals surface area contributed by atoms with Crippen molar-refractivity contribution in [1.82, 2.24) is 10.6 Å². The number of carbonyl (C=O) groups excluding carboxylic acids is 2. The highest BCUT2D eigenvalue weighted by Gasteiger charge is 2.33. The van der Waals surface area contributed by atoms with E-state index in [4.69, 9.17) is 0 Å². The molecule has 2 amide bonds. The number of amides is 2. The van der Waals surface area contributed by atoms with Gasteiger partial charge in [-0.3, -0.25) is 9.59 Å². The van der Waals surface area contributed by atoms with Crippen LogP contribution >= 0.6 is 0 Å². The van der Waals surface area contributed by atoms with E-state index in [2.05, 4.69) is 41.8 Å². The molecule has 0 saturated heterocycles. The van der Waals surface area contributed by atoms with Gasteiger partial charge in [0.25, 0.3) is 11.8 Å². The lowest BCUT2D eigenvalue weighted by atomic mass is 10.0. The van der Waals surface area contributed by atoms with Crippen LogP contribution in [0.25, 0.3) is 0 Å². The molecule has 0 bridgehead atoms. The molecule has 1 aliphatic carbocycles. The van der Waals surface area contributed by atoms with E-state index < -0.39 is 0 Å². The zero-order chi connectivity index (χ0) is 19.6. The molecule has 1 aliphatic rings. The lowest BCUT2D eigenvalue weighted by Gasteiger charge is -2.21. The normalized spacial score (nSPS) is 15.1. The van der Waals surface area contributed by atoms with E-state index in [1.54, 1.807) is 24.3 Å². The molecule has 2 N–H and O–H groups in total. The van der Waals surface area contributed by atoms with Crippen molar-refractivity contribution in [2.24, 2.45) is 5.92 Å². The molecule has 1 unspecified atom stereocenters. The molecule has 0 aliphatic heterocycles. The van der Waals surface area contributed by atoms with Crippen LogP contribution in [0.2, 0.25) is 0 Å². The van der Waals surface area contributed by atoms with Crippen molar-refractivity contribution in [3.63, 3.8) is 0 Å². The second-order valence-corrected chi connectivity index (χ2v) is 8.48. The maximum atomic E-state index is 12.7. The summed E-state index contributed by atoms with van der Waals surface area (Å²) in [6.07, 6.45) is 2.29. The van der Waals surface area contributed by atoms with Crippen LogP contribution in [0.4, 0.5) is 0 Å². The van der Waals surface area contributed by atoms with Crippen LogP contribution < -0.4 is 10.6 Å². The summed E-state index contributed by atoms with van der Waals surface area (Å²) in [5.41, 5.74) is 3.19. The third-order valence-electron chi connectivity index (χ3n) is 4.71. The quantitative estimate of drug-likeness (QED) is 0.826. The summed E-state index contributed by atoms with van der Waals surface area (Å²) in [7, 11) is 0. The number of hydrogen-bond donors (Lipinski definition) is 2. The Balaban J connectivity index is 1.69. The van der Waals surface area contributed by atoms with Crippen LogP contribution in [0.1, 0.15) is 71.5 Å². The first-order valence-corrected chi connectivity index (χ1v) is 9.53. The maximum absolute atomic E-state index is 12.7. The van der Waals surface area contributed by atoms with Gasteiger partial charge in [-0.1, -0.05) is 29.8 Å². The molecule has 4 nitrogen and oxygen atoms in total. The molecule has 0 radical (unpaired) electrons. The standard InChI is InChI=1S/C23H28N2O2/c1-15-5-7-16(8-6-15)20(17-9-10-17)24-21(26)18-11-13-19(14-12-18)22(27)25-23(2,3)4/h5-8,11-14,17,20H,9-10H2,1-4H3,(H,24,26)(H,25,27). The second-order valence-electron chi connectivity index (χ2n) is 8.48. The summed E-state index contributed by atoms with van der Waals surface area (Å²) in [6.45, 7) is 7.88. The Hall–Kier alpha value is -2.62. The Morgan fingerprint density at radius 3 is 1.89 bits per heavy atom. The van der Waals surface area contributed by atoms with Crippen LogP contribution in [-0.4, -0.2) is 17.4 Å². The number of benzene rings is 2. The van der Waals surface area contributed by atoms with Crippen molar-refractivity contribution in [3.05, 3.63) is 70.8 Å². The van der Waals surface area contributed by atoms with Crippen molar-refractivity contribution in [3.8, 4) is 0 Å². The number of hydrogen-bond acceptors (Lipinski definition) is 2. The third-order valence-corrected chi connectivity index (χ3v) is 4.71. The van der Waals surface area contributed by atoms with E-state index in [9.17, 15) is 9.59 Å². The van der Waals surface area contributed by atoms with Crippen molar-refractivity contribution >= 4 is 11.8 Å². The van der Waals surface area contributed by atoms with E-state index in [1.807, 2.05) is 20.8 Å². The van der Waals surface area contributed by atoms with Crippen LogP contribution in [0, 0.1) is 12.8 Å². The fourth-order valence-corrected chi connectivity index (χ4v) is 3.09. The minimum absolute atomic E-state index is 0.0435. The van der Waals surface area contributed by atoms with Gasteiger partial charge in [-0.25, -0.2) is 0 Å². The predicted octanol–water partition coefficient (Wildman–Crippen LogP) is 4.40. The third kappa shape index (κ3) is 5.19. The monoisotopic (exact) mass is 364 g/mol. The number of carbonyl (C=O) groups is 2. The minimum Gasteiger partial charge on any atom is -0.347 e. The SMILES string of the molecule is Cc1ccc(C(NC(=O)c2ccc(C(=O)NC(C)(C)C)cc2)C2CC2)cc1. The topological polar surface area (TPSA) is 58.2 Å². The Morgan fingerprint density at radius 1 is 0.889 bits per heavy atom. The average Bonchev–Trinajstić information content (AvgIpc) is 3.44. The Bertz CT molecular complexity index is 813. The van der Waals surface area contributed by atoms with Crippen LogP contribution in [0.15, 0.2) is 48.5 Å². The van der Waals surface area contributed by atoms with Gasteiger partial charge < -0.3 is 10.6 Å². The molecule has 27 heavy (non-hydrogen) atoms. The summed E-state index contributed by atoms with van der Waals surface area (Å²) in [6, 6.07) is 15.2. The van der Waals surface area contributed by atoms with Gasteiger partial charge >= 0.3 is 0 Å². The Morgan fingerprint density at radius 2 is 1.41 bits per heavy atom. The molecule has 0 spiro atoms. The van der Waals surface area contributed by atoms with Gasteiger partial charge in [0.1, 0.15) is 0 Å². The first-order chi connectivity index (χ1) is 12.7. The van der Waals surface area contributed by atoms with Gasteiger partial charge in [-0.2, -0.15) is 0 Å². The van der Waals surface area contributed by atoms with E-state index in [1.165, 1.54) is 5.56 Å². The molecule has 2 aromatic carbocycles. The number of rotatable bonds is 5. The summed E-state index contributed by atoms with van der Waals surface area (Å²) in [5.74, 6) is 0.272. The lowest BCUT2D eigenvalue weighted by molar-refractivity contribution is 0.0911. The van der Waals surface area contributed by atoms with E-state index in [0.29, 0.717) is 17.0 Å². The summed E-state index contributed by atoms with van der Waals surface area (Å²) >= 11 is 0. The van der Waals surface area contributed by atoms with Crippen molar-refractivity contribution in [1.29, 1.82) is 0 Å². The van der Waals surface area contributed by atoms with E-state index in [0.717, 1.165) is 18.4 Å². The average molecular weight is 364 g/mol. The molecule has 1 atom stereocenters. The van der Waals surface area contributed by atoms with E-state index >= 15 is 0 Å². The molecule has 3 rings (SSSR count). The maximum Gasteiger partial charge on any atom is 0.251 e. The zero-order valence-electron chi connectivity index (χ0n) is 16.5. The second kappa shape index (κ2) is 7.55. The first-order valence-electron chi connectivity index (χ1n) is 9.53. The Labute approximate surface area is 161 Å². The van der Waals surface area contributed by atoms with Crippen LogP contribution in [-0.2, 0) is 0 Å². The van der Waals surface area contributed by atoms with E-state index in [-0.39, 0.29) is 23.4 Å². The minimum atomic E-state index is -0.293. The highest BCUT2D eigenvalue weighted by Crippen LogP contribution is 2.41. The van der Waals surface area contributed by atoms with Crippen molar-refractivity contribution in [2.75, 3.05) is 0 Å². The molecular weight excluding hydrogens is 336 g/mol. The van der Waals surface area contributed by atoms with Gasteiger partial charge in [0, 0.05) is 16.7 Å². The highest BCUT2D eigenvalue weighted by atomic mass is 16.2. The summed E-state index contributed by atoms with van der Waals surface area (Å²) < 4.78 is 0. The molecule has 1 saturated carbocycles. The molecule has 0 heterocycles. The number of nitrogens with one attached hydrogen (secondary N) is 2. The molecule has 142 valence electrons. The van der Waals surface area contributed by atoms with Gasteiger partial charge in [0.05, 0.1) is 6.04 Å². The fourth-order valence-electron chi connectivity index (χ4n) is 3.09. The van der Waals surface area contributed by atoms with Crippen LogP contribution in [0.3, 0.4) is 0 Å². The largest absolute Gasteiger partial charge is 0.347 e. The molecule has 4 heteroatoms. The summed E-state index contributed by atoms with van der Waals surface area (Å²) in [4.78, 5) is 24.9. The predicted molar refractivity (Wildman–Crippen MR) is 108 cm³/mol. The van der Waals surface area contributed by atoms with Crippen molar-refractivity contribution in [2.45, 2.75) is 52.1 Å². The van der Waals surface area contributed by atoms with Gasteiger partial charge in [0.15, 0.2) is 0 Å². The molecule has 2 aromatic rings. The fraction of sp³-hybridized carbons (Fsp3) is 0.391. The molecule has 0 aromatic heterocycles.